The van der Waals surface area contributed by atoms with Crippen molar-refractivity contribution in [1.82, 2.24) is 20.3 Å². The highest BCUT2D eigenvalue weighted by Crippen LogP contribution is 2.46. The van der Waals surface area contributed by atoms with Gasteiger partial charge in [-0.05, 0) is 89.3 Å². The molecule has 278 valence electrons. The Hall–Kier alpha value is -4.01. The molecule has 4 amide bonds. The minimum absolute atomic E-state index is 0.102. The molecule has 2 aliphatic heterocycles. The summed E-state index contributed by atoms with van der Waals surface area (Å²) >= 11 is 0. The molecular weight excluding hydrogens is 683 g/mol. The van der Waals surface area contributed by atoms with E-state index in [-0.39, 0.29) is 32.2 Å². The number of esters is 1. The van der Waals surface area contributed by atoms with Gasteiger partial charge in [0, 0.05) is 12.3 Å². The Morgan fingerprint density at radius 3 is 2.53 bits per heavy atom. The van der Waals surface area contributed by atoms with Crippen LogP contribution < -0.4 is 15.4 Å². The lowest BCUT2D eigenvalue weighted by atomic mass is 10.0. The smallest absolute Gasteiger partial charge is 0.408 e. The van der Waals surface area contributed by atoms with Crippen LogP contribution >= 0.6 is 0 Å². The van der Waals surface area contributed by atoms with Crippen molar-refractivity contribution >= 4 is 39.8 Å². The predicted octanol–water partition coefficient (Wildman–Crippen LogP) is 2.95. The van der Waals surface area contributed by atoms with Gasteiger partial charge in [-0.3, -0.25) is 23.9 Å². The molecule has 3 fully saturated rings. The van der Waals surface area contributed by atoms with Crippen LogP contribution in [-0.4, -0.2) is 84.2 Å². The standard InChI is InChI=1S/C36H47FN4O9S/c1-35(2,3)50-34(46)38-28-13-8-6-4-5-7-11-23-19-36(23,33(45)40-51(47,48)25-14-15-25)39-30(42)29-18-24(20-41(29)31(28)43)49-32(44)22-16-21-10-9-12-27(37)26(21)17-22/h7,9-12,22-25,28-29H,4-6,8,13-20H2,1-3H3,(H,38,46)(H,39,42)(H,40,45)/t22?,23?,24-,28+,29?,36-/m1/s1. The SMILES string of the molecule is CC(C)(C)OC(=O)N[C@H]1CCCCCC=CC2C[C@@]2(C(=O)NS(=O)(=O)C2CC2)NC(=O)C2C[C@@H](OC(=O)C3Cc4cccc(F)c4C3)CN2C1=O. The van der Waals surface area contributed by atoms with Gasteiger partial charge >= 0.3 is 12.1 Å². The maximum atomic E-state index is 14.4. The average molecular weight is 731 g/mol. The van der Waals surface area contributed by atoms with Gasteiger partial charge in [-0.2, -0.15) is 0 Å². The van der Waals surface area contributed by atoms with Gasteiger partial charge < -0.3 is 25.0 Å². The van der Waals surface area contributed by atoms with E-state index in [4.69, 9.17) is 9.47 Å². The van der Waals surface area contributed by atoms with E-state index in [9.17, 15) is 36.8 Å². The number of nitrogens with one attached hydrogen (secondary N) is 3. The van der Waals surface area contributed by atoms with Gasteiger partial charge in [-0.25, -0.2) is 17.6 Å². The second-order valence-electron chi connectivity index (χ2n) is 15.5. The number of hydrogen-bond donors (Lipinski definition) is 3. The number of carbonyl (C=O) groups excluding carboxylic acids is 5. The molecule has 0 aromatic heterocycles. The van der Waals surface area contributed by atoms with Crippen LogP contribution in [0.1, 0.15) is 89.7 Å². The number of sulfonamides is 1. The van der Waals surface area contributed by atoms with Gasteiger partial charge in [0.2, 0.25) is 21.8 Å². The minimum atomic E-state index is -3.91. The van der Waals surface area contributed by atoms with E-state index in [2.05, 4.69) is 15.4 Å². The van der Waals surface area contributed by atoms with Crippen LogP contribution in [0.5, 0.6) is 0 Å². The number of halogens is 1. The first-order valence-corrected chi connectivity index (χ1v) is 19.4. The molecule has 3 aliphatic carbocycles. The second-order valence-corrected chi connectivity index (χ2v) is 17.5. The van der Waals surface area contributed by atoms with Crippen molar-refractivity contribution in [2.75, 3.05) is 6.54 Å². The summed E-state index contributed by atoms with van der Waals surface area (Å²) in [6.45, 7) is 4.93. The zero-order chi connectivity index (χ0) is 36.7. The quantitative estimate of drug-likeness (QED) is 0.294. The summed E-state index contributed by atoms with van der Waals surface area (Å²) in [6.07, 6.45) is 6.44. The molecular formula is C36H47FN4O9S. The summed E-state index contributed by atoms with van der Waals surface area (Å²) < 4.78 is 53.4. The number of hydrogen-bond acceptors (Lipinski definition) is 9. The number of fused-ring (bicyclic) bond motifs is 3. The van der Waals surface area contributed by atoms with Gasteiger partial charge in [0.15, 0.2) is 0 Å². The minimum Gasteiger partial charge on any atom is -0.460 e. The third-order valence-corrected chi connectivity index (χ3v) is 12.1. The van der Waals surface area contributed by atoms with E-state index >= 15 is 0 Å². The summed E-state index contributed by atoms with van der Waals surface area (Å²) in [5.74, 6) is -4.20. The molecule has 1 saturated heterocycles. The van der Waals surface area contributed by atoms with E-state index < -0.39 is 92.0 Å². The normalized spacial score (nSPS) is 29.7. The maximum Gasteiger partial charge on any atom is 0.408 e. The molecule has 0 spiro atoms. The number of allylic oxidation sites excluding steroid dienone is 1. The molecule has 51 heavy (non-hydrogen) atoms. The molecule has 1 aromatic carbocycles. The molecule has 0 bridgehead atoms. The summed E-state index contributed by atoms with van der Waals surface area (Å²) in [4.78, 5) is 69.6. The number of alkyl carbamates (subject to hydrolysis) is 1. The third kappa shape index (κ3) is 8.39. The molecule has 2 saturated carbocycles. The molecule has 5 aliphatic rings. The Morgan fingerprint density at radius 1 is 1.06 bits per heavy atom. The molecule has 1 aromatic rings. The summed E-state index contributed by atoms with van der Waals surface area (Å²) in [5, 5.41) is 4.81. The van der Waals surface area contributed by atoms with Crippen LogP contribution in [0.4, 0.5) is 9.18 Å². The Balaban J connectivity index is 1.25. The Morgan fingerprint density at radius 2 is 1.82 bits per heavy atom. The molecule has 2 heterocycles. The van der Waals surface area contributed by atoms with Crippen LogP contribution in [0.15, 0.2) is 30.4 Å². The number of amides is 4. The number of benzene rings is 1. The molecule has 3 N–H and O–H groups in total. The monoisotopic (exact) mass is 730 g/mol. The van der Waals surface area contributed by atoms with Gasteiger partial charge in [-0.1, -0.05) is 37.1 Å². The predicted molar refractivity (Wildman–Crippen MR) is 182 cm³/mol. The van der Waals surface area contributed by atoms with Crippen molar-refractivity contribution < 1.29 is 46.3 Å². The van der Waals surface area contributed by atoms with Crippen LogP contribution in [0.25, 0.3) is 0 Å². The van der Waals surface area contributed by atoms with E-state index in [0.717, 1.165) is 18.4 Å². The Kier molecular flexibility index (Phi) is 10.2. The highest BCUT2D eigenvalue weighted by Gasteiger charge is 2.62. The van der Waals surface area contributed by atoms with Gasteiger partial charge in [0.25, 0.3) is 5.91 Å². The third-order valence-electron chi connectivity index (χ3n) is 10.3. The number of nitrogens with zero attached hydrogens (tertiary/aromatic N) is 1. The Bertz CT molecular complexity index is 1720. The second kappa shape index (κ2) is 14.2. The topological polar surface area (TPSA) is 177 Å². The van der Waals surface area contributed by atoms with Crippen molar-refractivity contribution in [3.63, 3.8) is 0 Å². The van der Waals surface area contributed by atoms with Gasteiger partial charge in [0.05, 0.1) is 17.7 Å². The van der Waals surface area contributed by atoms with Crippen LogP contribution in [0.2, 0.25) is 0 Å². The summed E-state index contributed by atoms with van der Waals surface area (Å²) in [7, 11) is -3.91. The van der Waals surface area contributed by atoms with E-state index in [1.54, 1.807) is 32.9 Å². The van der Waals surface area contributed by atoms with Crippen molar-refractivity contribution in [3.05, 3.63) is 47.3 Å². The van der Waals surface area contributed by atoms with Gasteiger partial charge in [-0.15, -0.1) is 0 Å². The number of rotatable bonds is 6. The first-order chi connectivity index (χ1) is 24.1. The van der Waals surface area contributed by atoms with E-state index in [1.807, 2.05) is 12.2 Å². The van der Waals surface area contributed by atoms with Crippen molar-refractivity contribution in [1.29, 1.82) is 0 Å². The molecule has 0 radical (unpaired) electrons. The van der Waals surface area contributed by atoms with E-state index in [0.29, 0.717) is 37.7 Å². The number of carbonyl (C=O) groups is 5. The first kappa shape index (κ1) is 36.8. The fourth-order valence-electron chi connectivity index (χ4n) is 7.33. The summed E-state index contributed by atoms with van der Waals surface area (Å²) in [6, 6.07) is 2.42. The highest BCUT2D eigenvalue weighted by atomic mass is 32.2. The van der Waals surface area contributed by atoms with E-state index in [1.165, 1.54) is 11.0 Å². The zero-order valence-electron chi connectivity index (χ0n) is 29.2. The van der Waals surface area contributed by atoms with Crippen LogP contribution in [-0.2, 0) is 51.5 Å². The van der Waals surface area contributed by atoms with Crippen molar-refractivity contribution in [2.45, 2.75) is 126 Å². The largest absolute Gasteiger partial charge is 0.460 e. The first-order valence-electron chi connectivity index (χ1n) is 17.9. The molecule has 6 atom stereocenters. The molecule has 3 unspecified atom stereocenters. The van der Waals surface area contributed by atoms with Gasteiger partial charge in [0.1, 0.15) is 35.1 Å². The molecule has 13 nitrogen and oxygen atoms in total. The Labute approximate surface area is 297 Å². The van der Waals surface area contributed by atoms with Crippen molar-refractivity contribution in [2.24, 2.45) is 11.8 Å². The van der Waals surface area contributed by atoms with Crippen LogP contribution in [0.3, 0.4) is 0 Å². The fourth-order valence-corrected chi connectivity index (χ4v) is 8.70. The average Bonchev–Trinajstić information content (AvgIpc) is 3.93. The molecule has 6 rings (SSSR count). The summed E-state index contributed by atoms with van der Waals surface area (Å²) in [5.41, 5.74) is -1.20. The highest BCUT2D eigenvalue weighted by molar-refractivity contribution is 7.91. The lowest BCUT2D eigenvalue weighted by Crippen LogP contribution is -2.58. The zero-order valence-corrected chi connectivity index (χ0v) is 30.1. The van der Waals surface area contributed by atoms with Crippen LogP contribution in [0, 0.1) is 17.7 Å². The fraction of sp³-hybridized carbons (Fsp3) is 0.639. The number of ether oxygens (including phenoxy) is 2. The maximum absolute atomic E-state index is 14.4. The lowest BCUT2D eigenvalue weighted by molar-refractivity contribution is -0.153. The lowest BCUT2D eigenvalue weighted by Gasteiger charge is -2.30. The van der Waals surface area contributed by atoms with Crippen molar-refractivity contribution in [3.8, 4) is 0 Å². The molecule has 15 heteroatoms.